The monoisotopic (exact) mass is 652 g/mol. The van der Waals surface area contributed by atoms with Gasteiger partial charge in [0.2, 0.25) is 0 Å². The molecule has 0 bridgehead atoms. The molecule has 2 aromatic heterocycles. The molecule has 232 valence electrons. The zero-order chi connectivity index (χ0) is 32.8. The van der Waals surface area contributed by atoms with E-state index in [9.17, 15) is 0 Å². The molecule has 50 heavy (non-hydrogen) atoms. The van der Waals surface area contributed by atoms with Gasteiger partial charge in [-0.25, -0.2) is 0 Å². The van der Waals surface area contributed by atoms with Gasteiger partial charge in [0.15, 0.2) is 0 Å². The second-order valence-corrected chi connectivity index (χ2v) is 14.3. The lowest BCUT2D eigenvalue weighted by molar-refractivity contribution is 0.669. The number of benzene rings is 9. The maximum absolute atomic E-state index is 6.22. The predicted molar refractivity (Wildman–Crippen MR) is 215 cm³/mol. The summed E-state index contributed by atoms with van der Waals surface area (Å²) in [6.45, 7) is 0. The van der Waals surface area contributed by atoms with Crippen LogP contribution in [0.4, 0.5) is 0 Å². The Kier molecular flexibility index (Phi) is 5.89. The van der Waals surface area contributed by atoms with Crippen molar-refractivity contribution in [1.29, 1.82) is 0 Å². The zero-order valence-electron chi connectivity index (χ0n) is 27.0. The van der Waals surface area contributed by atoms with Gasteiger partial charge in [-0.15, -0.1) is 11.3 Å². The summed E-state index contributed by atoms with van der Waals surface area (Å²) in [5.41, 5.74) is 9.37. The maximum Gasteiger partial charge on any atom is 0.136 e. The zero-order valence-corrected chi connectivity index (χ0v) is 27.8. The van der Waals surface area contributed by atoms with Crippen molar-refractivity contribution in [3.63, 3.8) is 0 Å². The minimum Gasteiger partial charge on any atom is -0.456 e. The first kappa shape index (κ1) is 27.7. The molecular weight excluding hydrogens is 625 g/mol. The van der Waals surface area contributed by atoms with E-state index >= 15 is 0 Å². The second kappa shape index (κ2) is 10.6. The Morgan fingerprint density at radius 1 is 0.340 bits per heavy atom. The van der Waals surface area contributed by atoms with Crippen molar-refractivity contribution in [2.24, 2.45) is 0 Å². The van der Waals surface area contributed by atoms with Crippen LogP contribution in [-0.4, -0.2) is 0 Å². The third-order valence-electron chi connectivity index (χ3n) is 10.4. The van der Waals surface area contributed by atoms with Crippen LogP contribution in [0.25, 0.3) is 108 Å². The topological polar surface area (TPSA) is 13.1 Å². The lowest BCUT2D eigenvalue weighted by Gasteiger charge is -2.18. The summed E-state index contributed by atoms with van der Waals surface area (Å²) in [6.07, 6.45) is 0. The smallest absolute Gasteiger partial charge is 0.136 e. The molecule has 9 aromatic carbocycles. The van der Waals surface area contributed by atoms with Gasteiger partial charge in [0.25, 0.3) is 0 Å². The number of para-hydroxylation sites is 1. The Bertz CT molecular complexity index is 3090. The SMILES string of the molecule is c1ccc(-c2c3ccccc3c(-c3cccc(-c4ccc5cc6c(cc5c4)sc4c6ccc5oc6ccccc6c54)c3)c3ccccc23)cc1. The minimum atomic E-state index is 0.942. The van der Waals surface area contributed by atoms with Gasteiger partial charge in [-0.05, 0) is 108 Å². The first-order valence-corrected chi connectivity index (χ1v) is 17.9. The molecule has 11 aromatic rings. The van der Waals surface area contributed by atoms with Gasteiger partial charge in [-0.2, -0.15) is 0 Å². The highest BCUT2D eigenvalue weighted by Crippen LogP contribution is 2.46. The molecule has 0 saturated heterocycles. The van der Waals surface area contributed by atoms with Gasteiger partial charge in [0, 0.05) is 30.9 Å². The van der Waals surface area contributed by atoms with Gasteiger partial charge in [-0.3, -0.25) is 0 Å². The van der Waals surface area contributed by atoms with E-state index < -0.39 is 0 Å². The van der Waals surface area contributed by atoms with Crippen LogP contribution in [0.3, 0.4) is 0 Å². The number of hydrogen-bond acceptors (Lipinski definition) is 2. The van der Waals surface area contributed by atoms with Gasteiger partial charge in [0.1, 0.15) is 11.2 Å². The molecule has 1 nitrogen and oxygen atoms in total. The molecule has 0 unspecified atom stereocenters. The molecule has 0 aliphatic heterocycles. The maximum atomic E-state index is 6.22. The van der Waals surface area contributed by atoms with E-state index in [2.05, 4.69) is 164 Å². The van der Waals surface area contributed by atoms with Crippen molar-refractivity contribution in [3.8, 4) is 33.4 Å². The summed E-state index contributed by atoms with van der Waals surface area (Å²) in [4.78, 5) is 0. The lowest BCUT2D eigenvalue weighted by Crippen LogP contribution is -1.91. The van der Waals surface area contributed by atoms with E-state index in [1.807, 2.05) is 17.4 Å². The van der Waals surface area contributed by atoms with Crippen LogP contribution in [-0.2, 0) is 0 Å². The Hall–Kier alpha value is -6.22. The van der Waals surface area contributed by atoms with E-state index in [0.29, 0.717) is 0 Å². The highest BCUT2D eigenvalue weighted by atomic mass is 32.1. The Balaban J connectivity index is 1.08. The molecule has 0 fully saturated rings. The molecule has 11 rings (SSSR count). The summed E-state index contributed by atoms with van der Waals surface area (Å²) in [5.74, 6) is 0. The van der Waals surface area contributed by atoms with Crippen molar-refractivity contribution >= 4 is 85.8 Å². The van der Waals surface area contributed by atoms with Crippen LogP contribution in [0.15, 0.2) is 174 Å². The first-order chi connectivity index (χ1) is 24.8. The van der Waals surface area contributed by atoms with Crippen molar-refractivity contribution in [1.82, 2.24) is 0 Å². The molecule has 0 atom stereocenters. The van der Waals surface area contributed by atoms with Crippen LogP contribution in [0.2, 0.25) is 0 Å². The Labute approximate surface area is 292 Å². The van der Waals surface area contributed by atoms with Gasteiger partial charge in [0.05, 0.1) is 0 Å². The van der Waals surface area contributed by atoms with E-state index in [-0.39, 0.29) is 0 Å². The fourth-order valence-corrected chi connectivity index (χ4v) is 9.46. The molecule has 2 heterocycles. The van der Waals surface area contributed by atoms with Gasteiger partial charge in [-0.1, -0.05) is 127 Å². The molecule has 0 aliphatic carbocycles. The molecule has 0 saturated carbocycles. The summed E-state index contributed by atoms with van der Waals surface area (Å²) in [6, 6.07) is 62.0. The molecule has 2 heteroatoms. The average molecular weight is 653 g/mol. The Morgan fingerprint density at radius 3 is 1.72 bits per heavy atom. The third-order valence-corrected chi connectivity index (χ3v) is 11.6. The van der Waals surface area contributed by atoms with Crippen molar-refractivity contribution in [2.45, 2.75) is 0 Å². The van der Waals surface area contributed by atoms with E-state index in [1.54, 1.807) is 0 Å². The van der Waals surface area contributed by atoms with E-state index in [4.69, 9.17) is 4.42 Å². The number of rotatable bonds is 3. The number of fused-ring (bicyclic) bond motifs is 10. The highest BCUT2D eigenvalue weighted by Gasteiger charge is 2.18. The summed E-state index contributed by atoms with van der Waals surface area (Å²) in [5, 5.41) is 12.6. The summed E-state index contributed by atoms with van der Waals surface area (Å²) < 4.78 is 8.81. The molecule has 0 spiro atoms. The Morgan fingerprint density at radius 2 is 0.960 bits per heavy atom. The largest absolute Gasteiger partial charge is 0.456 e. The van der Waals surface area contributed by atoms with Crippen molar-refractivity contribution < 1.29 is 4.42 Å². The minimum absolute atomic E-state index is 0.942. The van der Waals surface area contributed by atoms with Crippen LogP contribution < -0.4 is 0 Å². The number of thiophene rings is 1. The van der Waals surface area contributed by atoms with Crippen LogP contribution >= 0.6 is 11.3 Å². The molecular formula is C48H28OS. The third kappa shape index (κ3) is 4.06. The normalized spacial score (nSPS) is 12.0. The van der Waals surface area contributed by atoms with Crippen molar-refractivity contribution in [2.75, 3.05) is 0 Å². The van der Waals surface area contributed by atoms with Crippen LogP contribution in [0.1, 0.15) is 0 Å². The molecule has 0 N–H and O–H groups in total. The quantitative estimate of drug-likeness (QED) is 0.173. The molecule has 0 amide bonds. The molecule has 0 radical (unpaired) electrons. The predicted octanol–water partition coefficient (Wildman–Crippen LogP) is 14.4. The van der Waals surface area contributed by atoms with Crippen molar-refractivity contribution in [3.05, 3.63) is 170 Å². The second-order valence-electron chi connectivity index (χ2n) is 13.2. The highest BCUT2D eigenvalue weighted by molar-refractivity contribution is 7.26. The number of hydrogen-bond donors (Lipinski definition) is 0. The summed E-state index contributed by atoms with van der Waals surface area (Å²) >= 11 is 1.87. The van der Waals surface area contributed by atoms with Gasteiger partial charge >= 0.3 is 0 Å². The van der Waals surface area contributed by atoms with E-state index in [0.717, 1.165) is 11.2 Å². The van der Waals surface area contributed by atoms with Crippen LogP contribution in [0.5, 0.6) is 0 Å². The summed E-state index contributed by atoms with van der Waals surface area (Å²) in [7, 11) is 0. The fourth-order valence-electron chi connectivity index (χ4n) is 8.17. The number of furan rings is 1. The first-order valence-electron chi connectivity index (χ1n) is 17.1. The molecule has 0 aliphatic rings. The van der Waals surface area contributed by atoms with Crippen LogP contribution in [0, 0.1) is 0 Å². The fraction of sp³-hybridized carbons (Fsp3) is 0. The average Bonchev–Trinajstić information content (AvgIpc) is 3.74. The standard InChI is InChI=1S/C48H28OS/c1-2-11-29(12-3-1)45-35-15-4-6-17-37(35)46(38-18-7-5-16-36(38)45)33-14-10-13-30(25-33)31-21-22-32-27-41-39-23-24-43-47(40-19-8-9-20-42(40)49-43)48(39)50-44(41)28-34(32)26-31/h1-28H. The van der Waals surface area contributed by atoms with Gasteiger partial charge < -0.3 is 4.42 Å². The lowest BCUT2D eigenvalue weighted by atomic mass is 9.85. The van der Waals surface area contributed by atoms with E-state index in [1.165, 1.54) is 96.6 Å².